The minimum atomic E-state index is -4.43. The smallest absolute Gasteiger partial charge is 0.355 e. The van der Waals surface area contributed by atoms with Gasteiger partial charge in [-0.1, -0.05) is 6.92 Å². The molecule has 12 heteroatoms. The third-order valence-corrected chi connectivity index (χ3v) is 6.88. The number of anilines is 1. The second kappa shape index (κ2) is 9.40. The molecule has 34 heavy (non-hydrogen) atoms. The molecule has 0 unspecified atom stereocenters. The number of nitrogens with one attached hydrogen (secondary N) is 2. The van der Waals surface area contributed by atoms with Crippen LogP contribution in [0.1, 0.15) is 44.6 Å². The van der Waals surface area contributed by atoms with E-state index < -0.39 is 35.1 Å². The van der Waals surface area contributed by atoms with Crippen LogP contribution < -0.4 is 15.6 Å². The molecule has 0 bridgehead atoms. The SMILES string of the molecule is CC1CCC2(CC1)NC(=O)N(NC(=O)CN1CCCN(c3ccc(C(F)(F)F)cn3)CC1)C2=O. The Balaban J connectivity index is 1.29. The predicted octanol–water partition coefficient (Wildman–Crippen LogP) is 2.14. The fourth-order valence-corrected chi connectivity index (χ4v) is 4.78. The van der Waals surface area contributed by atoms with E-state index in [9.17, 15) is 27.6 Å². The van der Waals surface area contributed by atoms with Crippen molar-refractivity contribution >= 4 is 23.7 Å². The standard InChI is InChI=1S/C22H29F3N6O3/c1-15-5-7-21(8-6-15)19(33)31(20(34)27-21)28-18(32)14-29-9-2-10-30(12-11-29)17-4-3-16(13-26-17)22(23,24)25/h3-4,13,15H,2,5-12,14H2,1H3,(H,27,34)(H,28,32). The van der Waals surface area contributed by atoms with Gasteiger partial charge in [0.05, 0.1) is 12.1 Å². The number of hydrazine groups is 1. The van der Waals surface area contributed by atoms with Gasteiger partial charge in [-0.15, -0.1) is 0 Å². The van der Waals surface area contributed by atoms with Gasteiger partial charge in [0.15, 0.2) is 0 Å². The Labute approximate surface area is 195 Å². The van der Waals surface area contributed by atoms with Crippen molar-refractivity contribution in [2.75, 3.05) is 37.6 Å². The Morgan fingerprint density at radius 1 is 1.18 bits per heavy atom. The zero-order valence-electron chi connectivity index (χ0n) is 19.0. The number of halogens is 3. The largest absolute Gasteiger partial charge is 0.417 e. The van der Waals surface area contributed by atoms with Crippen molar-refractivity contribution in [1.82, 2.24) is 25.6 Å². The second-order valence-electron chi connectivity index (χ2n) is 9.39. The van der Waals surface area contributed by atoms with Crippen LogP contribution in [0.2, 0.25) is 0 Å². The van der Waals surface area contributed by atoms with Crippen LogP contribution >= 0.6 is 0 Å². The van der Waals surface area contributed by atoms with Crippen molar-refractivity contribution in [3.63, 3.8) is 0 Å². The highest BCUT2D eigenvalue weighted by atomic mass is 19.4. The maximum atomic E-state index is 12.9. The summed E-state index contributed by atoms with van der Waals surface area (Å²) in [5.41, 5.74) is 0.732. The van der Waals surface area contributed by atoms with E-state index in [1.807, 2.05) is 9.80 Å². The third kappa shape index (κ3) is 5.11. The lowest BCUT2D eigenvalue weighted by Crippen LogP contribution is -2.53. The number of nitrogens with zero attached hydrogens (tertiary/aromatic N) is 4. The molecule has 1 aromatic heterocycles. The normalized spacial score (nSPS) is 26.5. The Bertz CT molecular complexity index is 931. The summed E-state index contributed by atoms with van der Waals surface area (Å²) in [7, 11) is 0. The molecule has 4 rings (SSSR count). The topological polar surface area (TPSA) is 97.9 Å². The highest BCUT2D eigenvalue weighted by molar-refractivity contribution is 6.08. The fraction of sp³-hybridized carbons (Fsp3) is 0.636. The molecular weight excluding hydrogens is 453 g/mol. The van der Waals surface area contributed by atoms with Crippen LogP contribution in [0, 0.1) is 5.92 Å². The van der Waals surface area contributed by atoms with Crippen LogP contribution in [0.25, 0.3) is 0 Å². The van der Waals surface area contributed by atoms with E-state index in [2.05, 4.69) is 22.7 Å². The summed E-state index contributed by atoms with van der Waals surface area (Å²) in [5.74, 6) is 0.0732. The number of hydrogen-bond donors (Lipinski definition) is 2. The Morgan fingerprint density at radius 2 is 1.91 bits per heavy atom. The van der Waals surface area contributed by atoms with Gasteiger partial charge in [-0.3, -0.25) is 19.9 Å². The lowest BCUT2D eigenvalue weighted by atomic mass is 9.77. The Hall–Kier alpha value is -2.89. The van der Waals surface area contributed by atoms with Crippen LogP contribution in [-0.2, 0) is 15.8 Å². The van der Waals surface area contributed by atoms with Gasteiger partial charge in [0.2, 0.25) is 0 Å². The van der Waals surface area contributed by atoms with Gasteiger partial charge in [-0.05, 0) is 50.2 Å². The first-order valence-corrected chi connectivity index (χ1v) is 11.5. The molecule has 2 aliphatic heterocycles. The quantitative estimate of drug-likeness (QED) is 0.639. The molecule has 1 saturated carbocycles. The van der Waals surface area contributed by atoms with Gasteiger partial charge < -0.3 is 10.2 Å². The zero-order chi connectivity index (χ0) is 24.5. The number of urea groups is 1. The van der Waals surface area contributed by atoms with Crippen LogP contribution in [-0.4, -0.2) is 71.0 Å². The van der Waals surface area contributed by atoms with Crippen LogP contribution in [0.4, 0.5) is 23.8 Å². The molecule has 0 aromatic carbocycles. The van der Waals surface area contributed by atoms with Gasteiger partial charge >= 0.3 is 12.2 Å². The van der Waals surface area contributed by atoms with E-state index in [-0.39, 0.29) is 6.54 Å². The molecule has 1 spiro atoms. The fourth-order valence-electron chi connectivity index (χ4n) is 4.78. The van der Waals surface area contributed by atoms with Gasteiger partial charge in [-0.2, -0.15) is 18.2 Å². The van der Waals surface area contributed by atoms with Crippen molar-refractivity contribution in [2.24, 2.45) is 5.92 Å². The molecule has 186 valence electrons. The molecule has 3 fully saturated rings. The first kappa shape index (κ1) is 24.2. The maximum absolute atomic E-state index is 12.9. The number of carbonyl (C=O) groups is 3. The number of aromatic nitrogens is 1. The number of hydrogen-bond acceptors (Lipinski definition) is 6. The van der Waals surface area contributed by atoms with E-state index in [0.717, 1.165) is 30.1 Å². The van der Waals surface area contributed by atoms with Crippen LogP contribution in [0.15, 0.2) is 18.3 Å². The third-order valence-electron chi connectivity index (χ3n) is 6.88. The molecule has 9 nitrogen and oxygen atoms in total. The summed E-state index contributed by atoms with van der Waals surface area (Å²) in [6.07, 6.45) is -0.130. The summed E-state index contributed by atoms with van der Waals surface area (Å²) < 4.78 is 38.3. The molecule has 2 N–H and O–H groups in total. The predicted molar refractivity (Wildman–Crippen MR) is 116 cm³/mol. The summed E-state index contributed by atoms with van der Waals surface area (Å²) in [4.78, 5) is 45.6. The molecule has 1 aliphatic carbocycles. The molecule has 4 amide bonds. The summed E-state index contributed by atoms with van der Waals surface area (Å²) in [5, 5.41) is 3.57. The average molecular weight is 483 g/mol. The minimum absolute atomic E-state index is 0.00459. The van der Waals surface area contributed by atoms with Crippen molar-refractivity contribution < 1.29 is 27.6 Å². The first-order chi connectivity index (χ1) is 16.1. The molecule has 1 aromatic rings. The summed E-state index contributed by atoms with van der Waals surface area (Å²) in [6, 6.07) is 1.75. The summed E-state index contributed by atoms with van der Waals surface area (Å²) in [6.45, 7) is 4.25. The Kier molecular flexibility index (Phi) is 6.70. The lowest BCUT2D eigenvalue weighted by molar-refractivity contribution is -0.140. The van der Waals surface area contributed by atoms with Gasteiger partial charge in [0.1, 0.15) is 11.4 Å². The van der Waals surface area contributed by atoms with Crippen molar-refractivity contribution in [1.29, 1.82) is 0 Å². The first-order valence-electron chi connectivity index (χ1n) is 11.5. The van der Waals surface area contributed by atoms with Crippen LogP contribution in [0.3, 0.4) is 0 Å². The molecule has 2 saturated heterocycles. The van der Waals surface area contributed by atoms with E-state index >= 15 is 0 Å². The van der Waals surface area contributed by atoms with E-state index in [0.29, 0.717) is 57.2 Å². The molecular formula is C22H29F3N6O3. The number of carbonyl (C=O) groups excluding carboxylic acids is 3. The van der Waals surface area contributed by atoms with Crippen molar-refractivity contribution in [2.45, 2.75) is 50.7 Å². The number of pyridine rings is 1. The van der Waals surface area contributed by atoms with E-state index in [4.69, 9.17) is 0 Å². The van der Waals surface area contributed by atoms with Crippen LogP contribution in [0.5, 0.6) is 0 Å². The molecule has 3 heterocycles. The second-order valence-corrected chi connectivity index (χ2v) is 9.39. The Morgan fingerprint density at radius 3 is 2.56 bits per heavy atom. The number of rotatable bonds is 4. The van der Waals surface area contributed by atoms with Gasteiger partial charge in [-0.25, -0.2) is 9.78 Å². The average Bonchev–Trinajstić information content (AvgIpc) is 2.94. The van der Waals surface area contributed by atoms with Crippen molar-refractivity contribution in [3.05, 3.63) is 23.9 Å². The van der Waals surface area contributed by atoms with E-state index in [1.165, 1.54) is 6.07 Å². The highest BCUT2D eigenvalue weighted by Crippen LogP contribution is 2.35. The monoisotopic (exact) mass is 482 g/mol. The molecule has 0 radical (unpaired) electrons. The highest BCUT2D eigenvalue weighted by Gasteiger charge is 2.52. The van der Waals surface area contributed by atoms with Gasteiger partial charge in [0.25, 0.3) is 11.8 Å². The van der Waals surface area contributed by atoms with E-state index in [1.54, 1.807) is 0 Å². The molecule has 0 atom stereocenters. The number of amides is 4. The number of alkyl halides is 3. The number of imide groups is 1. The maximum Gasteiger partial charge on any atom is 0.417 e. The van der Waals surface area contributed by atoms with Crippen molar-refractivity contribution in [3.8, 4) is 0 Å². The lowest BCUT2D eigenvalue weighted by Gasteiger charge is -2.33. The molecule has 3 aliphatic rings. The zero-order valence-corrected chi connectivity index (χ0v) is 19.0. The van der Waals surface area contributed by atoms with Gasteiger partial charge in [0, 0.05) is 32.4 Å². The summed E-state index contributed by atoms with van der Waals surface area (Å²) >= 11 is 0. The minimum Gasteiger partial charge on any atom is -0.355 e.